The Hall–Kier alpha value is -0.840. The van der Waals surface area contributed by atoms with E-state index >= 15 is 0 Å². The van der Waals surface area contributed by atoms with Crippen LogP contribution >= 0.6 is 31.9 Å². The molecule has 1 N–H and O–H groups in total. The highest BCUT2D eigenvalue weighted by molar-refractivity contribution is 9.11. The topological polar surface area (TPSA) is 21.3 Å². The van der Waals surface area contributed by atoms with Crippen LogP contribution in [-0.2, 0) is 6.54 Å². The summed E-state index contributed by atoms with van der Waals surface area (Å²) in [7, 11) is 0. The molecule has 22 heavy (non-hydrogen) atoms. The fourth-order valence-electron chi connectivity index (χ4n) is 2.19. The average Bonchev–Trinajstić information content (AvgIpc) is 2.49. The summed E-state index contributed by atoms with van der Waals surface area (Å²) in [6.45, 7) is 7.02. The summed E-state index contributed by atoms with van der Waals surface area (Å²) in [6.07, 6.45) is 0.148. The van der Waals surface area contributed by atoms with E-state index in [1.54, 1.807) is 0 Å². The minimum Gasteiger partial charge on any atom is -0.489 e. The molecule has 0 aliphatic heterocycles. The van der Waals surface area contributed by atoms with E-state index in [1.807, 2.05) is 19.9 Å². The van der Waals surface area contributed by atoms with Gasteiger partial charge in [-0.15, -0.1) is 0 Å². The summed E-state index contributed by atoms with van der Waals surface area (Å²) in [6, 6.07) is 15.0. The summed E-state index contributed by atoms with van der Waals surface area (Å²) in [5.74, 6) is 0.856. The normalized spacial score (nSPS) is 12.5. The number of halogens is 2. The molecule has 118 valence electrons. The summed E-state index contributed by atoms with van der Waals surface area (Å²) >= 11 is 7.19. The Morgan fingerprint density at radius 3 is 2.14 bits per heavy atom. The molecule has 0 aliphatic rings. The van der Waals surface area contributed by atoms with Gasteiger partial charge in [0, 0.05) is 12.6 Å². The highest BCUT2D eigenvalue weighted by Gasteiger charge is 2.11. The maximum atomic E-state index is 5.81. The van der Waals surface area contributed by atoms with Gasteiger partial charge in [-0.05, 0) is 75.9 Å². The van der Waals surface area contributed by atoms with E-state index in [1.165, 1.54) is 11.1 Å². The first kappa shape index (κ1) is 17.5. The molecule has 0 aliphatic carbocycles. The van der Waals surface area contributed by atoms with Crippen molar-refractivity contribution in [3.05, 3.63) is 62.5 Å². The van der Waals surface area contributed by atoms with E-state index in [2.05, 4.69) is 80.5 Å². The third-order valence-corrected chi connectivity index (χ3v) is 4.50. The number of hydrogen-bond donors (Lipinski definition) is 1. The summed E-state index contributed by atoms with van der Waals surface area (Å²) in [4.78, 5) is 0. The molecule has 2 aromatic rings. The van der Waals surface area contributed by atoms with Gasteiger partial charge >= 0.3 is 0 Å². The van der Waals surface area contributed by atoms with Gasteiger partial charge in [-0.2, -0.15) is 0 Å². The minimum absolute atomic E-state index is 0.148. The lowest BCUT2D eigenvalue weighted by molar-refractivity contribution is 0.239. The monoisotopic (exact) mass is 425 g/mol. The van der Waals surface area contributed by atoms with Crippen molar-refractivity contribution in [3.8, 4) is 5.75 Å². The van der Waals surface area contributed by atoms with Crippen molar-refractivity contribution in [2.24, 2.45) is 0 Å². The molecule has 2 nitrogen and oxygen atoms in total. The molecule has 0 spiro atoms. The molecule has 4 heteroatoms. The van der Waals surface area contributed by atoms with Crippen molar-refractivity contribution in [1.29, 1.82) is 0 Å². The van der Waals surface area contributed by atoms with Gasteiger partial charge in [0.05, 0.1) is 15.0 Å². The first-order valence-electron chi connectivity index (χ1n) is 7.40. The second-order valence-corrected chi connectivity index (χ2v) is 7.28. The van der Waals surface area contributed by atoms with Gasteiger partial charge in [-0.3, -0.25) is 0 Å². The van der Waals surface area contributed by atoms with Crippen LogP contribution in [0.1, 0.15) is 37.9 Å². The number of nitrogens with one attached hydrogen (secondary N) is 1. The van der Waals surface area contributed by atoms with Crippen LogP contribution in [0.2, 0.25) is 0 Å². The highest BCUT2D eigenvalue weighted by Crippen LogP contribution is 2.35. The number of benzene rings is 2. The molecule has 0 heterocycles. The Balaban J connectivity index is 2.05. The number of hydrogen-bond acceptors (Lipinski definition) is 2. The zero-order valence-electron chi connectivity index (χ0n) is 13.1. The molecule has 0 unspecified atom stereocenters. The molecule has 0 saturated carbocycles. The predicted molar refractivity (Wildman–Crippen MR) is 99.3 cm³/mol. The van der Waals surface area contributed by atoms with Crippen LogP contribution in [0.5, 0.6) is 5.75 Å². The van der Waals surface area contributed by atoms with Gasteiger partial charge in [-0.25, -0.2) is 0 Å². The Morgan fingerprint density at radius 1 is 1.00 bits per heavy atom. The molecule has 0 fully saturated rings. The van der Waals surface area contributed by atoms with E-state index in [4.69, 9.17) is 4.74 Å². The molecule has 0 amide bonds. The average molecular weight is 427 g/mol. The van der Waals surface area contributed by atoms with Crippen molar-refractivity contribution in [1.82, 2.24) is 5.32 Å². The van der Waals surface area contributed by atoms with E-state index in [0.29, 0.717) is 6.04 Å². The molecule has 0 aromatic heterocycles. The maximum absolute atomic E-state index is 5.81. The van der Waals surface area contributed by atoms with Gasteiger partial charge in [-0.1, -0.05) is 30.3 Å². The number of ether oxygens (including phenoxy) is 1. The SMILES string of the molecule is CC(C)Oc1c(Br)cc(CN[C@H](C)c2ccccc2)cc1Br. The predicted octanol–water partition coefficient (Wildman–Crippen LogP) is 5.85. The second-order valence-electron chi connectivity index (χ2n) is 5.57. The molecule has 2 aromatic carbocycles. The fraction of sp³-hybridized carbons (Fsp3) is 0.333. The molecule has 1 atom stereocenters. The smallest absolute Gasteiger partial charge is 0.148 e. The lowest BCUT2D eigenvalue weighted by atomic mass is 10.1. The van der Waals surface area contributed by atoms with Crippen LogP contribution in [0.3, 0.4) is 0 Å². The molecule has 0 radical (unpaired) electrons. The summed E-state index contributed by atoms with van der Waals surface area (Å²) in [5, 5.41) is 3.55. The van der Waals surface area contributed by atoms with Crippen molar-refractivity contribution >= 4 is 31.9 Å². The Labute approximate surface area is 149 Å². The molecule has 0 bridgehead atoms. The van der Waals surface area contributed by atoms with Crippen molar-refractivity contribution in [2.45, 2.75) is 39.5 Å². The van der Waals surface area contributed by atoms with E-state index in [0.717, 1.165) is 21.2 Å². The van der Waals surface area contributed by atoms with Crippen LogP contribution in [0.4, 0.5) is 0 Å². The van der Waals surface area contributed by atoms with Crippen LogP contribution in [0.15, 0.2) is 51.4 Å². The fourth-order valence-corrected chi connectivity index (χ4v) is 3.66. The van der Waals surface area contributed by atoms with E-state index in [-0.39, 0.29) is 6.10 Å². The minimum atomic E-state index is 0.148. The van der Waals surface area contributed by atoms with Crippen molar-refractivity contribution in [3.63, 3.8) is 0 Å². The van der Waals surface area contributed by atoms with E-state index in [9.17, 15) is 0 Å². The molecule has 0 saturated heterocycles. The second kappa shape index (κ2) is 8.14. The Morgan fingerprint density at radius 2 is 1.59 bits per heavy atom. The molecule has 2 rings (SSSR count). The molecular formula is C18H21Br2NO. The lowest BCUT2D eigenvalue weighted by Crippen LogP contribution is -2.18. The van der Waals surface area contributed by atoms with Crippen LogP contribution in [0.25, 0.3) is 0 Å². The van der Waals surface area contributed by atoms with Crippen LogP contribution in [0, 0.1) is 0 Å². The number of rotatable bonds is 6. The maximum Gasteiger partial charge on any atom is 0.148 e. The Kier molecular flexibility index (Phi) is 6.48. The first-order valence-corrected chi connectivity index (χ1v) is 8.99. The standard InChI is InChI=1S/C18H21Br2NO/c1-12(2)22-18-16(19)9-14(10-17(18)20)11-21-13(3)15-7-5-4-6-8-15/h4-10,12-13,21H,11H2,1-3H3/t13-/m1/s1. The van der Waals surface area contributed by atoms with Gasteiger partial charge in [0.25, 0.3) is 0 Å². The lowest BCUT2D eigenvalue weighted by Gasteiger charge is -2.17. The summed E-state index contributed by atoms with van der Waals surface area (Å²) in [5.41, 5.74) is 2.50. The third-order valence-electron chi connectivity index (χ3n) is 3.32. The largest absolute Gasteiger partial charge is 0.489 e. The van der Waals surface area contributed by atoms with E-state index < -0.39 is 0 Å². The van der Waals surface area contributed by atoms with Crippen LogP contribution in [-0.4, -0.2) is 6.10 Å². The van der Waals surface area contributed by atoms with Gasteiger partial charge in [0.1, 0.15) is 5.75 Å². The zero-order valence-corrected chi connectivity index (χ0v) is 16.2. The molecular weight excluding hydrogens is 406 g/mol. The quantitative estimate of drug-likeness (QED) is 0.625. The van der Waals surface area contributed by atoms with Crippen molar-refractivity contribution in [2.75, 3.05) is 0 Å². The third kappa shape index (κ3) is 4.83. The zero-order chi connectivity index (χ0) is 16.1. The van der Waals surface area contributed by atoms with Crippen LogP contribution < -0.4 is 10.1 Å². The highest BCUT2D eigenvalue weighted by atomic mass is 79.9. The van der Waals surface area contributed by atoms with Gasteiger partial charge in [0.15, 0.2) is 0 Å². The van der Waals surface area contributed by atoms with Gasteiger partial charge < -0.3 is 10.1 Å². The summed E-state index contributed by atoms with van der Waals surface area (Å²) < 4.78 is 7.76. The van der Waals surface area contributed by atoms with Gasteiger partial charge in [0.2, 0.25) is 0 Å². The van der Waals surface area contributed by atoms with Crippen molar-refractivity contribution < 1.29 is 4.74 Å². The Bertz CT molecular complexity index is 591. The first-order chi connectivity index (χ1) is 10.5.